The van der Waals surface area contributed by atoms with E-state index in [9.17, 15) is 0 Å². The van der Waals surface area contributed by atoms with Crippen LogP contribution in [0.4, 0.5) is 5.95 Å². The number of anilines is 1. The zero-order valence-corrected chi connectivity index (χ0v) is 10.1. The van der Waals surface area contributed by atoms with Crippen molar-refractivity contribution in [1.29, 1.82) is 5.26 Å². The Hall–Kier alpha value is -2.48. The molecule has 0 aliphatic carbocycles. The van der Waals surface area contributed by atoms with Crippen LogP contribution >= 0.6 is 0 Å². The molecule has 2 rings (SSSR count). The van der Waals surface area contributed by atoms with Gasteiger partial charge in [0.25, 0.3) is 0 Å². The molecule has 0 radical (unpaired) electrons. The molecule has 0 amide bonds. The predicted molar refractivity (Wildman–Crippen MR) is 67.7 cm³/mol. The smallest absolute Gasteiger partial charge is 0.226 e. The Morgan fingerprint density at radius 2 is 2.00 bits per heavy atom. The number of nitrogens with zero attached hydrogens (tertiary/aromatic N) is 5. The largest absolute Gasteiger partial charge is 0.337 e. The summed E-state index contributed by atoms with van der Waals surface area (Å²) in [4.78, 5) is 14.4. The summed E-state index contributed by atoms with van der Waals surface area (Å²) in [5.74, 6) is 0.577. The molecule has 0 bridgehead atoms. The van der Waals surface area contributed by atoms with E-state index in [2.05, 4.69) is 15.0 Å². The second-order valence-corrected chi connectivity index (χ2v) is 3.72. The molecular weight excluding hydrogens is 226 g/mol. The Morgan fingerprint density at radius 3 is 2.67 bits per heavy atom. The number of pyridine rings is 1. The van der Waals surface area contributed by atoms with Gasteiger partial charge in [-0.3, -0.25) is 4.98 Å². The fraction of sp³-hybridized carbons (Fsp3) is 0.231. The molecular formula is C13H13N5. The Balaban J connectivity index is 2.21. The monoisotopic (exact) mass is 239 g/mol. The maximum atomic E-state index is 8.84. The van der Waals surface area contributed by atoms with Crippen molar-refractivity contribution in [3.8, 4) is 6.07 Å². The first kappa shape index (κ1) is 12.0. The second-order valence-electron chi connectivity index (χ2n) is 3.72. The van der Waals surface area contributed by atoms with E-state index in [4.69, 9.17) is 5.26 Å². The van der Waals surface area contributed by atoms with E-state index < -0.39 is 0 Å². The van der Waals surface area contributed by atoms with Crippen LogP contribution in [0.2, 0.25) is 0 Å². The molecule has 0 saturated heterocycles. The third-order valence-electron chi connectivity index (χ3n) is 2.54. The van der Waals surface area contributed by atoms with Crippen LogP contribution in [0.25, 0.3) is 0 Å². The lowest BCUT2D eigenvalue weighted by atomic mass is 10.2. The topological polar surface area (TPSA) is 65.7 Å². The van der Waals surface area contributed by atoms with Gasteiger partial charge >= 0.3 is 0 Å². The molecule has 18 heavy (non-hydrogen) atoms. The number of aromatic nitrogens is 3. The predicted octanol–water partition coefficient (Wildman–Crippen LogP) is 1.77. The van der Waals surface area contributed by atoms with Crippen LogP contribution < -0.4 is 4.90 Å². The third-order valence-corrected chi connectivity index (χ3v) is 2.54. The van der Waals surface area contributed by atoms with Gasteiger partial charge in [-0.15, -0.1) is 0 Å². The molecule has 0 atom stereocenters. The fourth-order valence-corrected chi connectivity index (χ4v) is 1.60. The van der Waals surface area contributed by atoms with Gasteiger partial charge in [0.1, 0.15) is 11.8 Å². The molecule has 0 N–H and O–H groups in total. The molecule has 0 spiro atoms. The summed E-state index contributed by atoms with van der Waals surface area (Å²) < 4.78 is 0. The van der Waals surface area contributed by atoms with Gasteiger partial charge in [0.05, 0.1) is 0 Å². The van der Waals surface area contributed by atoms with Crippen molar-refractivity contribution in [2.24, 2.45) is 0 Å². The Labute approximate surface area is 106 Å². The highest BCUT2D eigenvalue weighted by molar-refractivity contribution is 5.34. The van der Waals surface area contributed by atoms with Gasteiger partial charge in [0.15, 0.2) is 0 Å². The Kier molecular flexibility index (Phi) is 3.82. The zero-order chi connectivity index (χ0) is 12.8. The highest BCUT2D eigenvalue weighted by atomic mass is 15.2. The normalized spacial score (nSPS) is 9.78. The molecule has 2 heterocycles. The van der Waals surface area contributed by atoms with Gasteiger partial charge in [-0.25, -0.2) is 9.97 Å². The summed E-state index contributed by atoms with van der Waals surface area (Å²) in [6.07, 6.45) is 5.13. The Morgan fingerprint density at radius 1 is 1.22 bits per heavy atom. The zero-order valence-electron chi connectivity index (χ0n) is 10.1. The number of hydrogen-bond acceptors (Lipinski definition) is 5. The summed E-state index contributed by atoms with van der Waals surface area (Å²) >= 11 is 0. The molecule has 0 fully saturated rings. The summed E-state index contributed by atoms with van der Waals surface area (Å²) in [5.41, 5.74) is 1.52. The first-order valence-corrected chi connectivity index (χ1v) is 5.70. The standard InChI is InChI=1S/C13H13N5/c1-2-18(10-11-3-6-15-7-4-11)13-16-8-5-12(9-14)17-13/h3-8H,2,10H2,1H3. The van der Waals surface area contributed by atoms with E-state index in [0.717, 1.165) is 12.1 Å². The van der Waals surface area contributed by atoms with Gasteiger partial charge in [0, 0.05) is 31.7 Å². The van der Waals surface area contributed by atoms with Crippen molar-refractivity contribution >= 4 is 5.95 Å². The average Bonchev–Trinajstić information content (AvgIpc) is 2.46. The summed E-state index contributed by atoms with van der Waals surface area (Å²) in [5, 5.41) is 8.84. The van der Waals surface area contributed by atoms with Gasteiger partial charge in [-0.05, 0) is 30.7 Å². The minimum absolute atomic E-state index is 0.383. The summed E-state index contributed by atoms with van der Waals surface area (Å²) in [6.45, 7) is 3.51. The van der Waals surface area contributed by atoms with E-state index in [-0.39, 0.29) is 0 Å². The highest BCUT2D eigenvalue weighted by Crippen LogP contribution is 2.11. The molecule has 90 valence electrons. The van der Waals surface area contributed by atoms with Crippen molar-refractivity contribution in [2.75, 3.05) is 11.4 Å². The lowest BCUT2D eigenvalue weighted by molar-refractivity contribution is 0.789. The van der Waals surface area contributed by atoms with Crippen molar-refractivity contribution < 1.29 is 0 Å². The lowest BCUT2D eigenvalue weighted by Crippen LogP contribution is -2.24. The van der Waals surface area contributed by atoms with Gasteiger partial charge < -0.3 is 4.90 Å². The maximum Gasteiger partial charge on any atom is 0.226 e. The molecule has 5 heteroatoms. The number of rotatable bonds is 4. The van der Waals surface area contributed by atoms with Crippen LogP contribution in [0.3, 0.4) is 0 Å². The van der Waals surface area contributed by atoms with Crippen LogP contribution in [-0.4, -0.2) is 21.5 Å². The van der Waals surface area contributed by atoms with Crippen LogP contribution in [0.5, 0.6) is 0 Å². The lowest BCUT2D eigenvalue weighted by Gasteiger charge is -2.20. The van der Waals surface area contributed by atoms with Gasteiger partial charge in [-0.2, -0.15) is 5.26 Å². The summed E-state index contributed by atoms with van der Waals surface area (Å²) in [7, 11) is 0. The van der Waals surface area contributed by atoms with Crippen LogP contribution in [0, 0.1) is 11.3 Å². The van der Waals surface area contributed by atoms with Crippen molar-refractivity contribution in [1.82, 2.24) is 15.0 Å². The Bertz CT molecular complexity index is 547. The van der Waals surface area contributed by atoms with Crippen LogP contribution in [-0.2, 0) is 6.54 Å². The first-order chi connectivity index (χ1) is 8.83. The SMILES string of the molecule is CCN(Cc1ccncc1)c1nccc(C#N)n1. The van der Waals surface area contributed by atoms with Gasteiger partial charge in [-0.1, -0.05) is 0 Å². The average molecular weight is 239 g/mol. The minimum atomic E-state index is 0.383. The minimum Gasteiger partial charge on any atom is -0.337 e. The third kappa shape index (κ3) is 2.80. The van der Waals surface area contributed by atoms with E-state index in [1.54, 1.807) is 24.7 Å². The van der Waals surface area contributed by atoms with Crippen LogP contribution in [0.15, 0.2) is 36.8 Å². The van der Waals surface area contributed by atoms with Crippen molar-refractivity contribution in [3.63, 3.8) is 0 Å². The molecule has 2 aromatic heterocycles. The van der Waals surface area contributed by atoms with Gasteiger partial charge in [0.2, 0.25) is 5.95 Å². The number of nitriles is 1. The van der Waals surface area contributed by atoms with E-state index in [1.165, 1.54) is 0 Å². The molecule has 0 aromatic carbocycles. The number of hydrogen-bond donors (Lipinski definition) is 0. The molecule has 0 aliphatic heterocycles. The molecule has 0 saturated carbocycles. The maximum absolute atomic E-state index is 8.84. The molecule has 2 aromatic rings. The highest BCUT2D eigenvalue weighted by Gasteiger charge is 2.08. The van der Waals surface area contributed by atoms with E-state index in [1.807, 2.05) is 30.0 Å². The fourth-order valence-electron chi connectivity index (χ4n) is 1.60. The van der Waals surface area contributed by atoms with Crippen molar-refractivity contribution in [3.05, 3.63) is 48.0 Å². The first-order valence-electron chi connectivity index (χ1n) is 5.70. The summed E-state index contributed by atoms with van der Waals surface area (Å²) in [6, 6.07) is 7.53. The molecule has 0 unspecified atom stereocenters. The van der Waals surface area contributed by atoms with E-state index in [0.29, 0.717) is 18.2 Å². The van der Waals surface area contributed by atoms with E-state index >= 15 is 0 Å². The molecule has 0 aliphatic rings. The van der Waals surface area contributed by atoms with Crippen molar-refractivity contribution in [2.45, 2.75) is 13.5 Å². The second kappa shape index (κ2) is 5.73. The van der Waals surface area contributed by atoms with Crippen LogP contribution in [0.1, 0.15) is 18.2 Å². The quantitative estimate of drug-likeness (QED) is 0.813. The molecule has 5 nitrogen and oxygen atoms in total.